The molecular formula is C21H30F4OSi. The van der Waals surface area contributed by atoms with Crippen LogP contribution in [0, 0.1) is 17.7 Å². The van der Waals surface area contributed by atoms with E-state index in [-0.39, 0.29) is 5.92 Å². The Balaban J connectivity index is 1.51. The van der Waals surface area contributed by atoms with Crippen LogP contribution in [-0.4, -0.2) is 15.2 Å². The zero-order chi connectivity index (χ0) is 19.4. The maximum absolute atomic E-state index is 14.0. The van der Waals surface area contributed by atoms with Crippen molar-refractivity contribution in [2.75, 3.05) is 0 Å². The van der Waals surface area contributed by atoms with Gasteiger partial charge in [-0.25, -0.2) is 4.39 Å². The van der Waals surface area contributed by atoms with Gasteiger partial charge in [-0.05, 0) is 61.1 Å². The van der Waals surface area contributed by atoms with Crippen LogP contribution in [0.2, 0.25) is 18.1 Å². The molecule has 0 aromatic heterocycles. The molecule has 2 fully saturated rings. The highest BCUT2D eigenvalue weighted by Crippen LogP contribution is 2.44. The zero-order valence-corrected chi connectivity index (χ0v) is 17.2. The van der Waals surface area contributed by atoms with E-state index in [1.54, 1.807) is 6.07 Å². The zero-order valence-electron chi connectivity index (χ0n) is 16.0. The van der Waals surface area contributed by atoms with Gasteiger partial charge in [0.2, 0.25) is 0 Å². The fourth-order valence-electron chi connectivity index (χ4n) is 5.26. The minimum atomic E-state index is -4.86. The molecule has 0 spiro atoms. The predicted molar refractivity (Wildman–Crippen MR) is 102 cm³/mol. The van der Waals surface area contributed by atoms with Crippen LogP contribution in [-0.2, 0) is 0 Å². The van der Waals surface area contributed by atoms with Crippen LogP contribution >= 0.6 is 0 Å². The van der Waals surface area contributed by atoms with E-state index in [1.807, 2.05) is 0 Å². The molecule has 0 N–H and O–H groups in total. The molecule has 1 aliphatic heterocycles. The van der Waals surface area contributed by atoms with Crippen LogP contribution in [0.25, 0.3) is 0 Å². The van der Waals surface area contributed by atoms with Crippen molar-refractivity contribution in [1.29, 1.82) is 0 Å². The molecule has 1 aromatic rings. The van der Waals surface area contributed by atoms with Gasteiger partial charge in [0, 0.05) is 8.80 Å². The summed E-state index contributed by atoms with van der Waals surface area (Å²) < 4.78 is 54.5. The maximum atomic E-state index is 14.0. The standard InChI is InChI=1S/C21H30F4OSi/c1-2-11-27-12-9-17(10-13-27)15-3-5-16(6-4-15)18-7-8-20(19(22)14-18)26-21(23,24)25/h7-8,14-17,27H,2-6,9-13H2,1H3/t15-,16-,17-,27-. The molecular weight excluding hydrogens is 372 g/mol. The number of alkyl halides is 3. The van der Waals surface area contributed by atoms with E-state index < -0.39 is 26.7 Å². The van der Waals surface area contributed by atoms with Gasteiger partial charge in [0.15, 0.2) is 11.6 Å². The lowest BCUT2D eigenvalue weighted by atomic mass is 9.72. The SMILES string of the molecule is CCC[Si@H]1CC[C@H]([C@H]2CC[C@H](c3ccc(OC(F)(F)F)c(F)c3)CC2)CC1. The summed E-state index contributed by atoms with van der Waals surface area (Å²) >= 11 is 0. The first kappa shape index (κ1) is 20.7. The molecule has 0 unspecified atom stereocenters. The van der Waals surface area contributed by atoms with E-state index in [1.165, 1.54) is 43.5 Å². The largest absolute Gasteiger partial charge is 0.573 e. The van der Waals surface area contributed by atoms with Crippen molar-refractivity contribution in [3.63, 3.8) is 0 Å². The smallest absolute Gasteiger partial charge is 0.403 e. The van der Waals surface area contributed by atoms with E-state index in [0.717, 1.165) is 49.1 Å². The van der Waals surface area contributed by atoms with Crippen LogP contribution in [0.3, 0.4) is 0 Å². The predicted octanol–water partition coefficient (Wildman–Crippen LogP) is 7.05. The molecule has 1 aliphatic carbocycles. The number of ether oxygens (including phenoxy) is 1. The summed E-state index contributed by atoms with van der Waals surface area (Å²) in [4.78, 5) is 0. The third-order valence-corrected chi connectivity index (χ3v) is 10.4. The molecule has 1 saturated carbocycles. The van der Waals surface area contributed by atoms with Crippen LogP contribution < -0.4 is 4.74 Å². The molecule has 1 saturated heterocycles. The van der Waals surface area contributed by atoms with Gasteiger partial charge in [0.25, 0.3) is 0 Å². The molecule has 1 nitrogen and oxygen atoms in total. The monoisotopic (exact) mass is 402 g/mol. The van der Waals surface area contributed by atoms with Crippen LogP contribution in [0.4, 0.5) is 17.6 Å². The number of halogens is 4. The van der Waals surface area contributed by atoms with Gasteiger partial charge in [-0.2, -0.15) is 0 Å². The van der Waals surface area contributed by atoms with Gasteiger partial charge >= 0.3 is 6.36 Å². The molecule has 2 aliphatic rings. The summed E-state index contributed by atoms with van der Waals surface area (Å²) in [6, 6.07) is 8.45. The van der Waals surface area contributed by atoms with E-state index in [4.69, 9.17) is 0 Å². The average Bonchev–Trinajstić information content (AvgIpc) is 2.63. The summed E-state index contributed by atoms with van der Waals surface area (Å²) in [7, 11) is -0.440. The fourth-order valence-corrected chi connectivity index (χ4v) is 8.74. The Morgan fingerprint density at radius 3 is 2.19 bits per heavy atom. The minimum Gasteiger partial charge on any atom is -0.403 e. The fraction of sp³-hybridized carbons (Fsp3) is 0.714. The van der Waals surface area contributed by atoms with E-state index >= 15 is 0 Å². The highest BCUT2D eigenvalue weighted by Gasteiger charge is 2.34. The summed E-state index contributed by atoms with van der Waals surface area (Å²) in [5.74, 6) is 0.238. The summed E-state index contributed by atoms with van der Waals surface area (Å²) in [5, 5.41) is 0. The third-order valence-electron chi connectivity index (χ3n) is 6.68. The van der Waals surface area contributed by atoms with Crippen LogP contribution in [0.1, 0.15) is 63.4 Å². The molecule has 0 bridgehead atoms. The second-order valence-corrected chi connectivity index (χ2v) is 11.9. The lowest BCUT2D eigenvalue weighted by Gasteiger charge is -2.37. The Labute approximate surface area is 161 Å². The number of hydrogen-bond donors (Lipinski definition) is 0. The average molecular weight is 403 g/mol. The number of hydrogen-bond acceptors (Lipinski definition) is 1. The first-order valence-electron chi connectivity index (χ1n) is 10.4. The van der Waals surface area contributed by atoms with Crippen molar-refractivity contribution < 1.29 is 22.3 Å². The van der Waals surface area contributed by atoms with Gasteiger partial charge in [0.05, 0.1) is 0 Å². The first-order valence-corrected chi connectivity index (χ1v) is 12.9. The van der Waals surface area contributed by atoms with Gasteiger partial charge in [-0.1, -0.05) is 50.4 Å². The molecule has 152 valence electrons. The van der Waals surface area contributed by atoms with Crippen LogP contribution in [0.15, 0.2) is 18.2 Å². The lowest BCUT2D eigenvalue weighted by Crippen LogP contribution is -2.28. The third kappa shape index (κ3) is 5.72. The van der Waals surface area contributed by atoms with E-state index in [9.17, 15) is 17.6 Å². The van der Waals surface area contributed by atoms with Crippen molar-refractivity contribution >= 4 is 8.80 Å². The second-order valence-electron chi connectivity index (χ2n) is 8.42. The van der Waals surface area contributed by atoms with Crippen LogP contribution in [0.5, 0.6) is 5.75 Å². The molecule has 0 atom stereocenters. The van der Waals surface area contributed by atoms with Gasteiger partial charge in [0.1, 0.15) is 0 Å². The molecule has 1 aromatic carbocycles. The second kappa shape index (κ2) is 8.97. The Bertz CT molecular complexity index is 603. The lowest BCUT2D eigenvalue weighted by molar-refractivity contribution is -0.275. The van der Waals surface area contributed by atoms with Crippen molar-refractivity contribution in [3.8, 4) is 5.75 Å². The number of rotatable bonds is 5. The Kier molecular flexibility index (Phi) is 6.87. The summed E-state index contributed by atoms with van der Waals surface area (Å²) in [6.45, 7) is 2.30. The molecule has 6 heteroatoms. The molecule has 1 heterocycles. The highest BCUT2D eigenvalue weighted by atomic mass is 28.3. The minimum absolute atomic E-state index is 0.251. The van der Waals surface area contributed by atoms with Crippen molar-refractivity contribution in [3.05, 3.63) is 29.6 Å². The molecule has 3 rings (SSSR count). The van der Waals surface area contributed by atoms with Gasteiger partial charge in [-0.3, -0.25) is 0 Å². The molecule has 0 amide bonds. The summed E-state index contributed by atoms with van der Waals surface area (Å²) in [5.41, 5.74) is 0.805. The molecule has 0 radical (unpaired) electrons. The Morgan fingerprint density at radius 1 is 1.00 bits per heavy atom. The highest BCUT2D eigenvalue weighted by molar-refractivity contribution is 6.58. The van der Waals surface area contributed by atoms with E-state index in [2.05, 4.69) is 11.7 Å². The maximum Gasteiger partial charge on any atom is 0.573 e. The molecule has 27 heavy (non-hydrogen) atoms. The van der Waals surface area contributed by atoms with Crippen molar-refractivity contribution in [2.24, 2.45) is 11.8 Å². The number of benzene rings is 1. The summed E-state index contributed by atoms with van der Waals surface area (Å²) in [6.07, 6.45) is 3.64. The van der Waals surface area contributed by atoms with Crippen molar-refractivity contribution in [1.82, 2.24) is 0 Å². The Morgan fingerprint density at radius 2 is 1.63 bits per heavy atom. The normalized spacial score (nSPS) is 29.5. The topological polar surface area (TPSA) is 9.23 Å². The van der Waals surface area contributed by atoms with Gasteiger partial charge in [-0.15, -0.1) is 13.2 Å². The van der Waals surface area contributed by atoms with Crippen molar-refractivity contribution in [2.45, 2.75) is 82.3 Å². The van der Waals surface area contributed by atoms with Gasteiger partial charge < -0.3 is 4.74 Å². The first-order chi connectivity index (χ1) is 12.9. The quantitative estimate of drug-likeness (QED) is 0.379. The Hall–Kier alpha value is -1.04. The van der Waals surface area contributed by atoms with E-state index in [0.29, 0.717) is 0 Å².